The van der Waals surface area contributed by atoms with Crippen molar-refractivity contribution in [3.63, 3.8) is 0 Å². The highest BCUT2D eigenvalue weighted by molar-refractivity contribution is 5.89. The molecule has 1 fully saturated rings. The van der Waals surface area contributed by atoms with E-state index in [4.69, 9.17) is 16.3 Å². The van der Waals surface area contributed by atoms with Crippen LogP contribution in [0.5, 0.6) is 5.75 Å². The molecule has 1 saturated carbocycles. The molecule has 5 nitrogen and oxygen atoms in total. The molecule has 1 aliphatic rings. The summed E-state index contributed by atoms with van der Waals surface area (Å²) in [6.07, 6.45) is 8.87. The molecule has 0 aliphatic heterocycles. The zero-order valence-electron chi connectivity index (χ0n) is 12.5. The van der Waals surface area contributed by atoms with Crippen molar-refractivity contribution in [2.75, 3.05) is 18.5 Å². The standard InChI is InChI=1S/C17H22N2O3/c1-2-11-22-16-9-7-15(8-10-16)19-17(21)18-14-5-3-13(12-20)4-6-14/h1,7-10,13-14,20H,3-6,11-12H2,(H2,18,19,21). The number of urea groups is 1. The number of hydrogen-bond acceptors (Lipinski definition) is 3. The Morgan fingerprint density at radius 1 is 1.27 bits per heavy atom. The van der Waals surface area contributed by atoms with Gasteiger partial charge in [-0.2, -0.15) is 0 Å². The Bertz CT molecular complexity index is 514. The predicted octanol–water partition coefficient (Wildman–Crippen LogP) is 2.37. The summed E-state index contributed by atoms with van der Waals surface area (Å²) in [5.74, 6) is 3.46. The van der Waals surface area contributed by atoms with Crippen molar-refractivity contribution >= 4 is 11.7 Å². The lowest BCUT2D eigenvalue weighted by Crippen LogP contribution is -2.40. The Morgan fingerprint density at radius 2 is 1.95 bits per heavy atom. The third kappa shape index (κ3) is 4.97. The van der Waals surface area contributed by atoms with E-state index in [1.165, 1.54) is 0 Å². The molecule has 0 bridgehead atoms. The quantitative estimate of drug-likeness (QED) is 0.731. The number of aliphatic hydroxyl groups excluding tert-OH is 1. The largest absolute Gasteiger partial charge is 0.481 e. The minimum atomic E-state index is -0.204. The van der Waals surface area contributed by atoms with E-state index in [-0.39, 0.29) is 25.3 Å². The first-order valence-corrected chi connectivity index (χ1v) is 7.56. The lowest BCUT2D eigenvalue weighted by molar-refractivity contribution is 0.176. The SMILES string of the molecule is C#CCOc1ccc(NC(=O)NC2CCC(CO)CC2)cc1. The Hall–Kier alpha value is -2.19. The van der Waals surface area contributed by atoms with Crippen LogP contribution >= 0.6 is 0 Å². The second-order valence-electron chi connectivity index (χ2n) is 5.52. The highest BCUT2D eigenvalue weighted by Crippen LogP contribution is 2.23. The fraction of sp³-hybridized carbons (Fsp3) is 0.471. The molecule has 1 aromatic carbocycles. The van der Waals surface area contributed by atoms with Crippen LogP contribution in [0, 0.1) is 18.3 Å². The van der Waals surface area contributed by atoms with Crippen molar-refractivity contribution in [1.82, 2.24) is 5.32 Å². The highest BCUT2D eigenvalue weighted by atomic mass is 16.5. The average molecular weight is 302 g/mol. The summed E-state index contributed by atoms with van der Waals surface area (Å²) in [5.41, 5.74) is 0.703. The first-order valence-electron chi connectivity index (χ1n) is 7.56. The topological polar surface area (TPSA) is 70.6 Å². The van der Waals surface area contributed by atoms with Gasteiger partial charge in [-0.25, -0.2) is 4.79 Å². The zero-order valence-corrected chi connectivity index (χ0v) is 12.5. The second kappa shape index (κ2) is 8.30. The molecule has 0 atom stereocenters. The zero-order chi connectivity index (χ0) is 15.8. The normalized spacial score (nSPS) is 20.7. The van der Waals surface area contributed by atoms with Gasteiger partial charge in [-0.15, -0.1) is 6.42 Å². The van der Waals surface area contributed by atoms with Crippen LogP contribution in [-0.2, 0) is 0 Å². The van der Waals surface area contributed by atoms with Crippen molar-refractivity contribution < 1.29 is 14.6 Å². The lowest BCUT2D eigenvalue weighted by atomic mass is 9.87. The highest BCUT2D eigenvalue weighted by Gasteiger charge is 2.21. The molecular weight excluding hydrogens is 280 g/mol. The summed E-state index contributed by atoms with van der Waals surface area (Å²) >= 11 is 0. The molecule has 5 heteroatoms. The number of anilines is 1. The average Bonchev–Trinajstić information content (AvgIpc) is 2.55. The molecule has 118 valence electrons. The van der Waals surface area contributed by atoms with Crippen LogP contribution in [0.3, 0.4) is 0 Å². The van der Waals surface area contributed by atoms with Gasteiger partial charge in [0.1, 0.15) is 12.4 Å². The van der Waals surface area contributed by atoms with Gasteiger partial charge < -0.3 is 20.5 Å². The van der Waals surface area contributed by atoms with E-state index in [9.17, 15) is 4.79 Å². The number of nitrogens with one attached hydrogen (secondary N) is 2. The van der Waals surface area contributed by atoms with Gasteiger partial charge in [0.2, 0.25) is 0 Å². The Morgan fingerprint density at radius 3 is 2.55 bits per heavy atom. The maximum Gasteiger partial charge on any atom is 0.319 e. The van der Waals surface area contributed by atoms with Gasteiger partial charge in [-0.05, 0) is 55.9 Å². The molecular formula is C17H22N2O3. The van der Waals surface area contributed by atoms with Crippen LogP contribution in [0.2, 0.25) is 0 Å². The molecule has 0 spiro atoms. The Kier molecular flexibility index (Phi) is 6.11. The van der Waals surface area contributed by atoms with Crippen LogP contribution in [0.1, 0.15) is 25.7 Å². The monoisotopic (exact) mass is 302 g/mol. The molecule has 0 radical (unpaired) electrons. The van der Waals surface area contributed by atoms with Gasteiger partial charge >= 0.3 is 6.03 Å². The molecule has 22 heavy (non-hydrogen) atoms. The van der Waals surface area contributed by atoms with Gasteiger partial charge in [0.05, 0.1) is 0 Å². The van der Waals surface area contributed by atoms with Crippen LogP contribution in [0.25, 0.3) is 0 Å². The number of ether oxygens (including phenoxy) is 1. The summed E-state index contributed by atoms with van der Waals surface area (Å²) < 4.78 is 5.27. The van der Waals surface area contributed by atoms with Crippen LogP contribution < -0.4 is 15.4 Å². The molecule has 1 aromatic rings. The maximum atomic E-state index is 12.0. The summed E-state index contributed by atoms with van der Waals surface area (Å²) in [5, 5.41) is 14.9. The predicted molar refractivity (Wildman–Crippen MR) is 85.8 cm³/mol. The molecule has 0 unspecified atom stereocenters. The number of amides is 2. The van der Waals surface area contributed by atoms with E-state index in [0.29, 0.717) is 17.4 Å². The maximum absolute atomic E-state index is 12.0. The summed E-state index contributed by atoms with van der Waals surface area (Å²) in [4.78, 5) is 12.0. The lowest BCUT2D eigenvalue weighted by Gasteiger charge is -2.27. The molecule has 1 aliphatic carbocycles. The molecule has 2 amide bonds. The van der Waals surface area contributed by atoms with Gasteiger partial charge in [-0.1, -0.05) is 5.92 Å². The van der Waals surface area contributed by atoms with Crippen molar-refractivity contribution in [3.8, 4) is 18.1 Å². The van der Waals surface area contributed by atoms with E-state index >= 15 is 0 Å². The smallest absolute Gasteiger partial charge is 0.319 e. The van der Waals surface area contributed by atoms with Crippen molar-refractivity contribution in [1.29, 1.82) is 0 Å². The minimum absolute atomic E-state index is 0.182. The Labute approximate surface area is 131 Å². The number of carbonyl (C=O) groups excluding carboxylic acids is 1. The first-order chi connectivity index (χ1) is 10.7. The molecule has 0 heterocycles. The van der Waals surface area contributed by atoms with Crippen LogP contribution in [0.4, 0.5) is 10.5 Å². The summed E-state index contributed by atoms with van der Waals surface area (Å²) in [6, 6.07) is 7.05. The Balaban J connectivity index is 1.76. The second-order valence-corrected chi connectivity index (χ2v) is 5.52. The number of hydrogen-bond donors (Lipinski definition) is 3. The number of terminal acetylenes is 1. The number of carbonyl (C=O) groups is 1. The number of aliphatic hydroxyl groups is 1. The molecule has 0 saturated heterocycles. The summed E-state index contributed by atoms with van der Waals surface area (Å²) in [6.45, 7) is 0.469. The van der Waals surface area contributed by atoms with Gasteiger partial charge in [0, 0.05) is 18.3 Å². The van der Waals surface area contributed by atoms with E-state index in [0.717, 1.165) is 25.7 Å². The van der Waals surface area contributed by atoms with Crippen LogP contribution in [0.15, 0.2) is 24.3 Å². The van der Waals surface area contributed by atoms with Gasteiger partial charge in [-0.3, -0.25) is 0 Å². The van der Waals surface area contributed by atoms with Crippen molar-refractivity contribution in [2.45, 2.75) is 31.7 Å². The number of benzene rings is 1. The van der Waals surface area contributed by atoms with Crippen LogP contribution in [-0.4, -0.2) is 30.4 Å². The van der Waals surface area contributed by atoms with Gasteiger partial charge in [0.25, 0.3) is 0 Å². The van der Waals surface area contributed by atoms with Crippen molar-refractivity contribution in [3.05, 3.63) is 24.3 Å². The molecule has 0 aromatic heterocycles. The van der Waals surface area contributed by atoms with E-state index < -0.39 is 0 Å². The molecule has 3 N–H and O–H groups in total. The fourth-order valence-electron chi connectivity index (χ4n) is 2.60. The fourth-order valence-corrected chi connectivity index (χ4v) is 2.60. The van der Waals surface area contributed by atoms with Gasteiger partial charge in [0.15, 0.2) is 0 Å². The minimum Gasteiger partial charge on any atom is -0.481 e. The molecule has 2 rings (SSSR count). The summed E-state index contributed by atoms with van der Waals surface area (Å²) in [7, 11) is 0. The van der Waals surface area contributed by atoms with Crippen molar-refractivity contribution in [2.24, 2.45) is 5.92 Å². The number of rotatable bonds is 5. The first kappa shape index (κ1) is 16.2. The van der Waals surface area contributed by atoms with E-state index in [2.05, 4.69) is 16.6 Å². The third-order valence-corrected chi connectivity index (χ3v) is 3.87. The van der Waals surface area contributed by atoms with E-state index in [1.54, 1.807) is 24.3 Å². The van der Waals surface area contributed by atoms with E-state index in [1.807, 2.05) is 0 Å². The third-order valence-electron chi connectivity index (χ3n) is 3.87.